The number of amides is 1. The highest BCUT2D eigenvalue weighted by Gasteiger charge is 2.28. The van der Waals surface area contributed by atoms with Crippen LogP contribution in [0.1, 0.15) is 46.9 Å². The van der Waals surface area contributed by atoms with Crippen LogP contribution in [0.25, 0.3) is 5.69 Å². The molecule has 38 heavy (non-hydrogen) atoms. The molecule has 196 valence electrons. The van der Waals surface area contributed by atoms with E-state index in [0.717, 1.165) is 29.7 Å². The maximum absolute atomic E-state index is 13.7. The molecule has 1 aromatic heterocycles. The van der Waals surface area contributed by atoms with Gasteiger partial charge in [0.15, 0.2) is 0 Å². The van der Waals surface area contributed by atoms with E-state index in [1.165, 1.54) is 12.1 Å². The highest BCUT2D eigenvalue weighted by Crippen LogP contribution is 2.33. The van der Waals surface area contributed by atoms with Gasteiger partial charge in [0.25, 0.3) is 5.91 Å². The summed E-state index contributed by atoms with van der Waals surface area (Å²) in [6, 6.07) is 23.2. The van der Waals surface area contributed by atoms with E-state index in [9.17, 15) is 9.18 Å². The van der Waals surface area contributed by atoms with Crippen LogP contribution in [0.15, 0.2) is 78.9 Å². The Morgan fingerprint density at radius 1 is 1.11 bits per heavy atom. The first-order valence-corrected chi connectivity index (χ1v) is 13.1. The minimum atomic E-state index is -0.325. The molecule has 0 aliphatic carbocycles. The molecule has 5 rings (SSSR count). The van der Waals surface area contributed by atoms with Crippen molar-refractivity contribution in [2.24, 2.45) is 0 Å². The average Bonchev–Trinajstić information content (AvgIpc) is 3.57. The normalized spacial score (nSPS) is 15.0. The maximum Gasteiger partial charge on any atom is 0.254 e. The molecule has 1 saturated heterocycles. The summed E-state index contributed by atoms with van der Waals surface area (Å²) in [4.78, 5) is 15.6. The minimum Gasteiger partial charge on any atom is -0.439 e. The Bertz CT molecular complexity index is 1380. The predicted octanol–water partition coefficient (Wildman–Crippen LogP) is 6.50. The molecule has 0 radical (unpaired) electrons. The number of hydrogen-bond acceptors (Lipinski definition) is 4. The Morgan fingerprint density at radius 3 is 2.58 bits per heavy atom. The number of rotatable bonds is 9. The lowest BCUT2D eigenvalue weighted by Crippen LogP contribution is -2.37. The van der Waals surface area contributed by atoms with Crippen molar-refractivity contribution < 1.29 is 18.7 Å². The van der Waals surface area contributed by atoms with Crippen molar-refractivity contribution in [1.82, 2.24) is 14.7 Å². The zero-order valence-electron chi connectivity index (χ0n) is 21.8. The van der Waals surface area contributed by atoms with E-state index < -0.39 is 0 Å². The summed E-state index contributed by atoms with van der Waals surface area (Å²) in [5.74, 6) is 0.780. The molecule has 0 unspecified atom stereocenters. The quantitative estimate of drug-likeness (QED) is 0.257. The zero-order chi connectivity index (χ0) is 26.5. The van der Waals surface area contributed by atoms with E-state index in [2.05, 4.69) is 0 Å². The highest BCUT2D eigenvalue weighted by molar-refractivity contribution is 5.94. The van der Waals surface area contributed by atoms with E-state index in [4.69, 9.17) is 14.6 Å². The standard InChI is InChI=1S/C31H32FN3O3/c1-3-29-28(21-34(20-27-13-8-18-37-27)30(36)23-10-5-4-6-11-23)31(38-26-12-7-9-22(2)19-26)35(33-29)25-16-14-24(32)15-17-25/h4-7,9-12,14-17,19,27H,3,8,13,18,20-21H2,1-2H3/t27-/m1/s1. The SMILES string of the molecule is CCc1nn(-c2ccc(F)cc2)c(Oc2cccc(C)c2)c1CN(C[C@H]1CCCO1)C(=O)c1ccccc1. The van der Waals surface area contributed by atoms with E-state index >= 15 is 0 Å². The lowest BCUT2D eigenvalue weighted by Gasteiger charge is -2.26. The lowest BCUT2D eigenvalue weighted by atomic mass is 10.1. The highest BCUT2D eigenvalue weighted by atomic mass is 19.1. The summed E-state index contributed by atoms with van der Waals surface area (Å²) in [7, 11) is 0. The monoisotopic (exact) mass is 513 g/mol. The number of ether oxygens (including phenoxy) is 2. The molecule has 4 aromatic rings. The van der Waals surface area contributed by atoms with Crippen LogP contribution in [0.3, 0.4) is 0 Å². The topological polar surface area (TPSA) is 56.6 Å². The van der Waals surface area contributed by atoms with Gasteiger partial charge in [-0.3, -0.25) is 4.79 Å². The molecule has 0 spiro atoms. The number of aromatic nitrogens is 2. The fourth-order valence-electron chi connectivity index (χ4n) is 4.78. The largest absolute Gasteiger partial charge is 0.439 e. The van der Waals surface area contributed by atoms with E-state index in [1.54, 1.807) is 16.8 Å². The summed E-state index contributed by atoms with van der Waals surface area (Å²) < 4.78 is 27.8. The van der Waals surface area contributed by atoms with Crippen molar-refractivity contribution >= 4 is 5.91 Å². The van der Waals surface area contributed by atoms with Gasteiger partial charge in [-0.1, -0.05) is 37.3 Å². The smallest absolute Gasteiger partial charge is 0.254 e. The molecule has 2 heterocycles. The Hall–Kier alpha value is -3.97. The summed E-state index contributed by atoms with van der Waals surface area (Å²) in [5.41, 5.74) is 3.99. The van der Waals surface area contributed by atoms with Crippen LogP contribution in [0.2, 0.25) is 0 Å². The number of carbonyl (C=O) groups excluding carboxylic acids is 1. The molecule has 7 heteroatoms. The number of halogens is 1. The number of nitrogens with zero attached hydrogens (tertiary/aromatic N) is 3. The number of hydrogen-bond donors (Lipinski definition) is 0. The van der Waals surface area contributed by atoms with Gasteiger partial charge in [0.2, 0.25) is 5.88 Å². The first-order chi connectivity index (χ1) is 18.5. The molecule has 1 fully saturated rings. The molecular formula is C31H32FN3O3. The molecular weight excluding hydrogens is 481 g/mol. The van der Waals surface area contributed by atoms with Crippen molar-refractivity contribution in [3.63, 3.8) is 0 Å². The van der Waals surface area contributed by atoms with Crippen LogP contribution in [0.5, 0.6) is 11.6 Å². The second kappa shape index (κ2) is 11.6. The van der Waals surface area contributed by atoms with Crippen LogP contribution in [-0.4, -0.2) is 39.8 Å². The van der Waals surface area contributed by atoms with Gasteiger partial charge >= 0.3 is 0 Å². The molecule has 3 aromatic carbocycles. The van der Waals surface area contributed by atoms with Crippen LogP contribution < -0.4 is 4.74 Å². The van der Waals surface area contributed by atoms with Gasteiger partial charge in [-0.25, -0.2) is 9.07 Å². The van der Waals surface area contributed by atoms with E-state index in [0.29, 0.717) is 49.0 Å². The van der Waals surface area contributed by atoms with Crippen molar-refractivity contribution in [1.29, 1.82) is 0 Å². The Kier molecular flexibility index (Phi) is 7.84. The number of benzene rings is 3. The molecule has 1 amide bonds. The van der Waals surface area contributed by atoms with Gasteiger partial charge in [-0.2, -0.15) is 5.10 Å². The fraction of sp³-hybridized carbons (Fsp3) is 0.290. The second-order valence-corrected chi connectivity index (χ2v) is 9.58. The molecule has 1 aliphatic rings. The molecule has 0 N–H and O–H groups in total. The van der Waals surface area contributed by atoms with Crippen molar-refractivity contribution in [3.8, 4) is 17.3 Å². The summed E-state index contributed by atoms with van der Waals surface area (Å²) >= 11 is 0. The zero-order valence-corrected chi connectivity index (χ0v) is 21.8. The van der Waals surface area contributed by atoms with E-state index in [1.807, 2.05) is 73.3 Å². The van der Waals surface area contributed by atoms with Gasteiger partial charge in [0.05, 0.1) is 29.6 Å². The number of aryl methyl sites for hydroxylation is 2. The van der Waals surface area contributed by atoms with Crippen LogP contribution in [0, 0.1) is 12.7 Å². The van der Waals surface area contributed by atoms with Gasteiger partial charge < -0.3 is 14.4 Å². The first-order valence-electron chi connectivity index (χ1n) is 13.1. The van der Waals surface area contributed by atoms with Crippen molar-refractivity contribution in [2.75, 3.05) is 13.2 Å². The number of carbonyl (C=O) groups is 1. The fourth-order valence-corrected chi connectivity index (χ4v) is 4.78. The third kappa shape index (κ3) is 5.78. The Balaban J connectivity index is 1.58. The van der Waals surface area contributed by atoms with Crippen LogP contribution in [0.4, 0.5) is 4.39 Å². The molecule has 1 aliphatic heterocycles. The molecule has 6 nitrogen and oxygen atoms in total. The second-order valence-electron chi connectivity index (χ2n) is 9.58. The van der Waals surface area contributed by atoms with Gasteiger partial charge in [0, 0.05) is 18.7 Å². The van der Waals surface area contributed by atoms with Gasteiger partial charge in [-0.15, -0.1) is 0 Å². The summed E-state index contributed by atoms with van der Waals surface area (Å²) in [5, 5.41) is 4.86. The lowest BCUT2D eigenvalue weighted by molar-refractivity contribution is 0.0505. The van der Waals surface area contributed by atoms with Gasteiger partial charge in [0.1, 0.15) is 11.6 Å². The third-order valence-electron chi connectivity index (χ3n) is 6.73. The van der Waals surface area contributed by atoms with E-state index in [-0.39, 0.29) is 17.8 Å². The summed E-state index contributed by atoms with van der Waals surface area (Å²) in [6.07, 6.45) is 2.53. The predicted molar refractivity (Wildman–Crippen MR) is 144 cm³/mol. The molecule has 0 saturated carbocycles. The van der Waals surface area contributed by atoms with Crippen molar-refractivity contribution in [3.05, 3.63) is 107 Å². The molecule has 1 atom stereocenters. The van der Waals surface area contributed by atoms with Crippen LogP contribution in [-0.2, 0) is 17.7 Å². The molecule has 0 bridgehead atoms. The Labute approximate surface area is 222 Å². The Morgan fingerprint density at radius 2 is 1.89 bits per heavy atom. The maximum atomic E-state index is 13.7. The summed E-state index contributed by atoms with van der Waals surface area (Å²) in [6.45, 7) is 5.52. The average molecular weight is 514 g/mol. The minimum absolute atomic E-state index is 0.0129. The van der Waals surface area contributed by atoms with Crippen LogP contribution >= 0.6 is 0 Å². The van der Waals surface area contributed by atoms with Gasteiger partial charge in [-0.05, 0) is 80.3 Å². The van der Waals surface area contributed by atoms with Crippen molar-refractivity contribution in [2.45, 2.75) is 45.8 Å². The third-order valence-corrected chi connectivity index (χ3v) is 6.73. The first kappa shape index (κ1) is 25.7.